The quantitative estimate of drug-likeness (QED) is 0.624. The maximum atomic E-state index is 14.4. The Morgan fingerprint density at radius 2 is 1.73 bits per heavy atom. The largest absolute Gasteiger partial charge is 0.304 e. The minimum absolute atomic E-state index is 0.161. The molecule has 1 saturated heterocycles. The van der Waals surface area contributed by atoms with Crippen LogP contribution >= 0.6 is 11.8 Å². The molecule has 1 fully saturated rings. The van der Waals surface area contributed by atoms with Crippen molar-refractivity contribution in [2.75, 3.05) is 15.6 Å². The first-order valence-electron chi connectivity index (χ1n) is 9.71. The number of amides is 2. The van der Waals surface area contributed by atoms with Gasteiger partial charge >= 0.3 is 0 Å². The molecule has 2 heterocycles. The second-order valence-corrected chi connectivity index (χ2v) is 8.66. The molecule has 0 N–H and O–H groups in total. The summed E-state index contributed by atoms with van der Waals surface area (Å²) in [6.45, 7) is 2.08. The number of aryl methyl sites for hydroxylation is 1. The predicted molar refractivity (Wildman–Crippen MR) is 117 cm³/mol. The van der Waals surface area contributed by atoms with Crippen molar-refractivity contribution in [3.63, 3.8) is 0 Å². The average molecular weight is 418 g/mol. The maximum absolute atomic E-state index is 14.4. The Hall–Kier alpha value is -3.12. The highest BCUT2D eigenvalue weighted by Crippen LogP contribution is 2.56. The summed E-state index contributed by atoms with van der Waals surface area (Å²) in [6.07, 6.45) is 0. The molecule has 1 spiro atoms. The summed E-state index contributed by atoms with van der Waals surface area (Å²) in [5, 5.41) is 0. The van der Waals surface area contributed by atoms with Gasteiger partial charge in [-0.2, -0.15) is 0 Å². The van der Waals surface area contributed by atoms with E-state index in [0.29, 0.717) is 17.8 Å². The molecule has 0 bridgehead atoms. The number of rotatable bonds is 3. The fourth-order valence-electron chi connectivity index (χ4n) is 4.20. The fourth-order valence-corrected chi connectivity index (χ4v) is 5.56. The Labute approximate surface area is 178 Å². The number of halogens is 1. The number of nitrogens with zero attached hydrogens (tertiary/aromatic N) is 2. The molecule has 0 aromatic heterocycles. The molecule has 0 aliphatic carbocycles. The molecule has 0 saturated carbocycles. The molecule has 5 rings (SSSR count). The van der Waals surface area contributed by atoms with E-state index in [1.807, 2.05) is 54.6 Å². The van der Waals surface area contributed by atoms with Crippen LogP contribution < -0.4 is 9.80 Å². The van der Waals surface area contributed by atoms with Crippen molar-refractivity contribution in [3.05, 3.63) is 95.3 Å². The fraction of sp³-hybridized carbons (Fsp3) is 0.167. The van der Waals surface area contributed by atoms with Gasteiger partial charge in [0.15, 0.2) is 0 Å². The zero-order valence-electron chi connectivity index (χ0n) is 16.3. The van der Waals surface area contributed by atoms with Crippen molar-refractivity contribution in [2.45, 2.75) is 18.3 Å². The number of thioether (sulfide) groups is 1. The molecule has 6 heteroatoms. The number of hydrogen-bond donors (Lipinski definition) is 0. The molecule has 150 valence electrons. The maximum Gasteiger partial charge on any atom is 0.269 e. The highest BCUT2D eigenvalue weighted by Gasteiger charge is 2.60. The van der Waals surface area contributed by atoms with Crippen LogP contribution in [0.3, 0.4) is 0 Å². The van der Waals surface area contributed by atoms with Crippen molar-refractivity contribution >= 4 is 35.0 Å². The standard InChI is InChI=1S/C24H19FN2O2S/c1-16-11-12-18(13-20(16)25)27-22(28)15-30-24(27)19-9-5-6-10-21(19)26(23(24)29)14-17-7-3-2-4-8-17/h2-13H,14-15H2,1H3. The molecule has 0 radical (unpaired) electrons. The number of carbonyl (C=O) groups excluding carboxylic acids is 2. The van der Waals surface area contributed by atoms with Crippen LogP contribution in [0.1, 0.15) is 16.7 Å². The van der Waals surface area contributed by atoms with Gasteiger partial charge in [0, 0.05) is 11.3 Å². The summed E-state index contributed by atoms with van der Waals surface area (Å²) in [6, 6.07) is 22.0. The minimum Gasteiger partial charge on any atom is -0.304 e. The van der Waals surface area contributed by atoms with E-state index in [-0.39, 0.29) is 17.6 Å². The van der Waals surface area contributed by atoms with Gasteiger partial charge in [-0.1, -0.05) is 54.6 Å². The van der Waals surface area contributed by atoms with Gasteiger partial charge in [0.25, 0.3) is 5.91 Å². The minimum atomic E-state index is -1.22. The molecule has 4 nitrogen and oxygen atoms in total. The average Bonchev–Trinajstić information content (AvgIpc) is 3.22. The number of anilines is 2. The van der Waals surface area contributed by atoms with E-state index in [2.05, 4.69) is 0 Å². The van der Waals surface area contributed by atoms with Crippen LogP contribution in [0.2, 0.25) is 0 Å². The predicted octanol–water partition coefficient (Wildman–Crippen LogP) is 4.61. The van der Waals surface area contributed by atoms with Gasteiger partial charge in [0.1, 0.15) is 5.82 Å². The second kappa shape index (κ2) is 6.99. The van der Waals surface area contributed by atoms with E-state index < -0.39 is 10.7 Å². The Morgan fingerprint density at radius 3 is 2.50 bits per heavy atom. The molecule has 3 aromatic rings. The molecule has 2 aliphatic rings. The molecular weight excluding hydrogens is 399 g/mol. The number of hydrogen-bond acceptors (Lipinski definition) is 3. The van der Waals surface area contributed by atoms with Gasteiger partial charge in [0.2, 0.25) is 10.8 Å². The van der Waals surface area contributed by atoms with Crippen molar-refractivity contribution in [3.8, 4) is 0 Å². The topological polar surface area (TPSA) is 40.6 Å². The second-order valence-electron chi connectivity index (χ2n) is 7.49. The first-order valence-corrected chi connectivity index (χ1v) is 10.7. The lowest BCUT2D eigenvalue weighted by Gasteiger charge is -2.33. The van der Waals surface area contributed by atoms with Crippen LogP contribution in [0, 0.1) is 12.7 Å². The lowest BCUT2D eigenvalue weighted by molar-refractivity contribution is -0.123. The van der Waals surface area contributed by atoms with Gasteiger partial charge in [-0.25, -0.2) is 4.39 Å². The van der Waals surface area contributed by atoms with Crippen LogP contribution in [0.25, 0.3) is 0 Å². The van der Waals surface area contributed by atoms with E-state index >= 15 is 0 Å². The zero-order chi connectivity index (χ0) is 20.9. The third-order valence-corrected chi connectivity index (χ3v) is 7.05. The van der Waals surface area contributed by atoms with Crippen LogP contribution in [0.15, 0.2) is 72.8 Å². The summed E-state index contributed by atoms with van der Waals surface area (Å²) in [5.41, 5.74) is 3.45. The monoisotopic (exact) mass is 418 g/mol. The van der Waals surface area contributed by atoms with Crippen LogP contribution in [-0.4, -0.2) is 17.6 Å². The molecule has 30 heavy (non-hydrogen) atoms. The van der Waals surface area contributed by atoms with Gasteiger partial charge in [-0.05, 0) is 36.2 Å². The Morgan fingerprint density at radius 1 is 1.00 bits per heavy atom. The summed E-state index contributed by atoms with van der Waals surface area (Å²) >= 11 is 1.30. The number of fused-ring (bicyclic) bond motifs is 2. The lowest BCUT2D eigenvalue weighted by Crippen LogP contribution is -2.49. The van der Waals surface area contributed by atoms with E-state index in [9.17, 15) is 14.0 Å². The SMILES string of the molecule is Cc1ccc(N2C(=O)CSC23C(=O)N(Cc2ccccc2)c2ccccc23)cc1F. The molecule has 3 aromatic carbocycles. The third kappa shape index (κ3) is 2.67. The Kier molecular flexibility index (Phi) is 4.40. The van der Waals surface area contributed by atoms with E-state index in [0.717, 1.165) is 16.8 Å². The van der Waals surface area contributed by atoms with Crippen molar-refractivity contribution in [2.24, 2.45) is 0 Å². The van der Waals surface area contributed by atoms with Crippen LogP contribution in [0.5, 0.6) is 0 Å². The third-order valence-electron chi connectivity index (χ3n) is 5.66. The molecule has 2 aliphatic heterocycles. The van der Waals surface area contributed by atoms with Crippen molar-refractivity contribution in [1.82, 2.24) is 0 Å². The van der Waals surface area contributed by atoms with Crippen LogP contribution in [0.4, 0.5) is 15.8 Å². The number of benzene rings is 3. The molecular formula is C24H19FN2O2S. The number of carbonyl (C=O) groups is 2. The zero-order valence-corrected chi connectivity index (χ0v) is 17.2. The summed E-state index contributed by atoms with van der Waals surface area (Å²) in [5.74, 6) is -0.612. The van der Waals surface area contributed by atoms with Crippen molar-refractivity contribution in [1.29, 1.82) is 0 Å². The first-order chi connectivity index (χ1) is 14.5. The normalized spacial score (nSPS) is 20.3. The van der Waals surface area contributed by atoms with E-state index in [1.165, 1.54) is 22.7 Å². The number of para-hydroxylation sites is 1. The molecule has 1 atom stereocenters. The van der Waals surface area contributed by atoms with E-state index in [1.54, 1.807) is 24.0 Å². The smallest absolute Gasteiger partial charge is 0.269 e. The molecule has 1 unspecified atom stereocenters. The lowest BCUT2D eigenvalue weighted by atomic mass is 10.0. The van der Waals surface area contributed by atoms with Gasteiger partial charge in [-0.15, -0.1) is 11.8 Å². The van der Waals surface area contributed by atoms with Gasteiger partial charge in [-0.3, -0.25) is 14.5 Å². The van der Waals surface area contributed by atoms with Crippen molar-refractivity contribution < 1.29 is 14.0 Å². The van der Waals surface area contributed by atoms with Gasteiger partial charge < -0.3 is 4.90 Å². The first kappa shape index (κ1) is 18.9. The summed E-state index contributed by atoms with van der Waals surface area (Å²) in [4.78, 5) is 28.8. The highest BCUT2D eigenvalue weighted by molar-refractivity contribution is 8.02. The summed E-state index contributed by atoms with van der Waals surface area (Å²) in [7, 11) is 0. The molecule has 2 amide bonds. The Balaban J connectivity index is 1.66. The van der Waals surface area contributed by atoms with E-state index in [4.69, 9.17) is 0 Å². The van der Waals surface area contributed by atoms with Gasteiger partial charge in [0.05, 0.1) is 18.0 Å². The van der Waals surface area contributed by atoms with Crippen LogP contribution in [-0.2, 0) is 21.0 Å². The Bertz CT molecular complexity index is 1170. The highest BCUT2D eigenvalue weighted by atomic mass is 32.2. The summed E-state index contributed by atoms with van der Waals surface area (Å²) < 4.78 is 14.4.